The molecule has 544 valence electrons. The predicted octanol–water partition coefficient (Wildman–Crippen LogP) is 19.7. The number of aromatic amines is 4. The molecule has 0 spiro atoms. The van der Waals surface area contributed by atoms with Crippen LogP contribution in [0.5, 0.6) is 23.0 Å². The molecule has 18 rings (SSSR count). The van der Waals surface area contributed by atoms with Crippen molar-refractivity contribution in [1.82, 2.24) is 20.6 Å². The van der Waals surface area contributed by atoms with E-state index >= 15 is 0 Å². The highest BCUT2D eigenvalue weighted by molar-refractivity contribution is 6.30. The molecule has 4 aliphatic carbocycles. The number of halogens is 4. The van der Waals surface area contributed by atoms with Gasteiger partial charge in [0.05, 0.1) is 35.9 Å². The summed E-state index contributed by atoms with van der Waals surface area (Å²) in [4.78, 5) is 44.8. The predicted molar refractivity (Wildman–Crippen MR) is 405 cm³/mol. The lowest BCUT2D eigenvalue weighted by Crippen LogP contribution is -2.11. The van der Waals surface area contributed by atoms with E-state index in [1.807, 2.05) is 97.1 Å². The van der Waals surface area contributed by atoms with Gasteiger partial charge in [0.2, 0.25) is 0 Å². The first-order chi connectivity index (χ1) is 52.6. The summed E-state index contributed by atoms with van der Waals surface area (Å²) in [6, 6.07) is 78.9. The molecule has 0 saturated heterocycles. The van der Waals surface area contributed by atoms with Gasteiger partial charge >= 0.3 is 6.18 Å². The molecule has 0 aliphatic heterocycles. The average Bonchev–Trinajstić information content (AvgIpc) is 1.63. The Morgan fingerprint density at radius 3 is 1.51 bits per heavy atom. The van der Waals surface area contributed by atoms with E-state index < -0.39 is 11.7 Å². The third-order valence-corrected chi connectivity index (χ3v) is 19.8. The zero-order chi connectivity index (χ0) is 74.1. The number of nitrogens with one attached hydrogen (secondary N) is 5. The van der Waals surface area contributed by atoms with E-state index in [0.29, 0.717) is 47.0 Å². The van der Waals surface area contributed by atoms with Gasteiger partial charge in [-0.15, -0.1) is 0 Å². The second-order valence-electron chi connectivity index (χ2n) is 26.6. The van der Waals surface area contributed by atoms with Crippen LogP contribution < -0.4 is 46.5 Å². The summed E-state index contributed by atoms with van der Waals surface area (Å²) in [6.07, 6.45) is 4.06. The van der Waals surface area contributed by atoms with E-state index in [9.17, 15) is 32.3 Å². The van der Waals surface area contributed by atoms with Crippen LogP contribution in [0.4, 0.5) is 18.9 Å². The molecule has 4 atom stereocenters. The number of aromatic nitrogens is 4. The number of hydrogen-bond acceptors (Lipinski definition) is 13. The van der Waals surface area contributed by atoms with Crippen LogP contribution in [0.15, 0.2) is 292 Å². The fraction of sp³-hybridized carbons (Fsp3) is 0.172. The highest BCUT2D eigenvalue weighted by Crippen LogP contribution is 2.43. The molecular weight excluding hydrogens is 1400 g/mol. The van der Waals surface area contributed by atoms with Crippen LogP contribution in [-0.4, -0.2) is 20.6 Å². The molecule has 0 bridgehead atoms. The molecule has 4 unspecified atom stereocenters. The number of anilines is 1. The molecule has 4 heterocycles. The first-order valence-corrected chi connectivity index (χ1v) is 35.8. The summed E-state index contributed by atoms with van der Waals surface area (Å²) in [5.74, 6) is 4.85. The lowest BCUT2D eigenvalue weighted by Gasteiger charge is -2.17. The van der Waals surface area contributed by atoms with Crippen molar-refractivity contribution in [3.63, 3.8) is 0 Å². The maximum absolute atomic E-state index is 13.3. The summed E-state index contributed by atoms with van der Waals surface area (Å²) in [5, 5.41) is 13.5. The van der Waals surface area contributed by atoms with Gasteiger partial charge in [-0.1, -0.05) is 133 Å². The molecule has 14 aromatic rings. The molecule has 5 N–H and O–H groups in total. The number of hydrogen-bond donors (Lipinski definition) is 5. The van der Waals surface area contributed by atoms with Gasteiger partial charge in [-0.25, -0.2) is 0 Å². The Kier molecular flexibility index (Phi) is 21.0. The Bertz CT molecular complexity index is 5680. The lowest BCUT2D eigenvalue weighted by molar-refractivity contribution is -0.138. The molecule has 4 aromatic heterocycles. The quantitative estimate of drug-likeness (QED) is 0.0572. The fourth-order valence-electron chi connectivity index (χ4n) is 14.3. The number of alkyl halides is 3. The normalized spacial score (nSPS) is 15.7. The first-order valence-electron chi connectivity index (χ1n) is 35.5. The van der Waals surface area contributed by atoms with E-state index in [0.717, 1.165) is 113 Å². The Morgan fingerprint density at radius 2 is 0.898 bits per heavy atom. The minimum Gasteiger partial charge on any atom is -0.489 e. The summed E-state index contributed by atoms with van der Waals surface area (Å²) < 4.78 is 84.8. The zero-order valence-electron chi connectivity index (χ0n) is 58.0. The van der Waals surface area contributed by atoms with Crippen molar-refractivity contribution >= 4 is 17.3 Å². The van der Waals surface area contributed by atoms with Crippen LogP contribution in [0, 0.1) is 0 Å². The second-order valence-corrected chi connectivity index (χ2v) is 27.0. The van der Waals surface area contributed by atoms with Crippen molar-refractivity contribution in [3.8, 4) is 68.3 Å². The molecule has 10 aromatic carbocycles. The first kappa shape index (κ1) is 71.0. The van der Waals surface area contributed by atoms with Crippen LogP contribution in [-0.2, 0) is 44.9 Å². The van der Waals surface area contributed by atoms with Crippen LogP contribution >= 0.6 is 11.6 Å². The second kappa shape index (κ2) is 32.0. The number of rotatable bonds is 17. The molecule has 4 aliphatic rings. The standard InChI is InChI=1S/C26H20F3NO4.C25H21NO3.C18H15ClN2O2.C18H15NO3/c27-26(28,29)21-6-2-1-4-17(21)15-32-22-7-3-5-19-20(22)12-13-23(19)33-18-10-8-16(9-11-18)24-14-25(31)30-34-24;27-25-16-24(29-26-25)18-9-11-20(12-10-18)28-23-14-13-21-19(7-4-8-22(21)23)15-17-5-2-1-3-6-17;19-13-4-7-15-12(9-13)3-8-16(15)20-14-5-1-11(2-6-14)17-10-18(22)21-23-17;20-18-11-17(22-19-18)13-5-3-6-14(10-13)21-16-9-8-12-4-1-2-7-15(12)16/h1-11,14,23H,12-13,15H2,(H,30,31);1-12,16,23H,13-15H2,(H,26,27);1-2,4-7,9-10,16,20H,3,8H2,(H,21,22);1-7,10-11,16H,8-9H2,(H,19,20). The van der Waals surface area contributed by atoms with Crippen LogP contribution in [0.1, 0.15) is 117 Å². The average molecular weight is 1470 g/mol. The molecule has 0 saturated carbocycles. The van der Waals surface area contributed by atoms with Gasteiger partial charge in [0.25, 0.3) is 22.2 Å². The van der Waals surface area contributed by atoms with E-state index in [1.54, 1.807) is 36.4 Å². The minimum absolute atomic E-state index is 0.0664. The number of ether oxygens (including phenoxy) is 4. The third kappa shape index (κ3) is 16.8. The highest BCUT2D eigenvalue weighted by Gasteiger charge is 2.34. The largest absolute Gasteiger partial charge is 0.489 e. The maximum Gasteiger partial charge on any atom is 0.416 e. The van der Waals surface area contributed by atoms with Crippen LogP contribution in [0.2, 0.25) is 5.02 Å². The van der Waals surface area contributed by atoms with Crippen molar-refractivity contribution < 1.29 is 50.2 Å². The van der Waals surface area contributed by atoms with Crippen molar-refractivity contribution in [3.05, 3.63) is 368 Å². The summed E-state index contributed by atoms with van der Waals surface area (Å²) in [5.41, 5.74) is 15.3. The number of fused-ring (bicyclic) bond motifs is 4. The molecule has 0 fully saturated rings. The summed E-state index contributed by atoms with van der Waals surface area (Å²) >= 11 is 6.05. The van der Waals surface area contributed by atoms with E-state index in [-0.39, 0.29) is 52.7 Å². The van der Waals surface area contributed by atoms with E-state index in [1.165, 1.54) is 80.9 Å². The van der Waals surface area contributed by atoms with Gasteiger partial charge in [-0.05, 0) is 217 Å². The van der Waals surface area contributed by atoms with Gasteiger partial charge < -0.3 is 42.4 Å². The SMILES string of the molecule is O=c1cc(-c2ccc(NC3CCc4cc(Cl)ccc43)cc2)o[nH]1.O=c1cc(-c2ccc(OC3CCc4c(Cc5ccccc5)cccc43)cc2)o[nH]1.O=c1cc(-c2ccc(OC3CCc4c(OCc5ccccc5C(F)(F)F)cccc43)cc2)o[nH]1.O=c1cc(-c2cccc(OC3CCc4ccccc43)c2)o[nH]1. The minimum atomic E-state index is -4.43. The van der Waals surface area contributed by atoms with Crippen LogP contribution in [0.3, 0.4) is 0 Å². The Hall–Kier alpha value is -12.7. The Morgan fingerprint density at radius 1 is 0.407 bits per heavy atom. The van der Waals surface area contributed by atoms with Crippen molar-refractivity contribution in [2.24, 2.45) is 0 Å². The van der Waals surface area contributed by atoms with E-state index in [2.05, 4.69) is 105 Å². The topological polar surface area (TPSA) is 233 Å². The number of aryl methyl sites for hydroxylation is 2. The van der Waals surface area contributed by atoms with E-state index in [4.69, 9.17) is 48.6 Å². The molecule has 17 nitrogen and oxygen atoms in total. The van der Waals surface area contributed by atoms with Gasteiger partial charge in [-0.3, -0.25) is 19.2 Å². The molecule has 21 heteroatoms. The summed E-state index contributed by atoms with van der Waals surface area (Å²) in [7, 11) is 0. The lowest BCUT2D eigenvalue weighted by atomic mass is 9.97. The van der Waals surface area contributed by atoms with Crippen molar-refractivity contribution in [2.75, 3.05) is 5.32 Å². The highest BCUT2D eigenvalue weighted by atomic mass is 35.5. The van der Waals surface area contributed by atoms with Gasteiger partial charge in [0, 0.05) is 44.1 Å². The Labute approximate surface area is 621 Å². The van der Waals surface area contributed by atoms with Gasteiger partial charge in [0.15, 0.2) is 23.0 Å². The smallest absolute Gasteiger partial charge is 0.416 e. The fourth-order valence-corrected chi connectivity index (χ4v) is 14.5. The number of H-pyrrole nitrogens is 4. The third-order valence-electron chi connectivity index (χ3n) is 19.5. The molecule has 0 radical (unpaired) electrons. The summed E-state index contributed by atoms with van der Waals surface area (Å²) in [6.45, 7) is -0.172. The van der Waals surface area contributed by atoms with Gasteiger partial charge in [0.1, 0.15) is 47.9 Å². The van der Waals surface area contributed by atoms with Crippen LogP contribution in [0.25, 0.3) is 45.3 Å². The molecular formula is C87H71ClF3N5O12. The Balaban J connectivity index is 0.000000116. The molecule has 108 heavy (non-hydrogen) atoms. The van der Waals surface area contributed by atoms with Crippen molar-refractivity contribution in [1.29, 1.82) is 0 Å². The maximum atomic E-state index is 13.3. The van der Waals surface area contributed by atoms with Crippen molar-refractivity contribution in [2.45, 2.75) is 94.9 Å². The zero-order valence-corrected chi connectivity index (χ0v) is 58.8. The monoisotopic (exact) mass is 1470 g/mol. The molecule has 0 amide bonds. The van der Waals surface area contributed by atoms with Gasteiger partial charge in [-0.2, -0.15) is 33.8 Å². The number of benzene rings is 10.